The Kier molecular flexibility index (Phi) is 4.86. The number of nitrogens with one attached hydrogen (secondary N) is 1. The standard InChI is InChI=1S/C11H19N3O2S/c1-5-9-12-13-11(17)14(9)8(6-7(2)3)10(15)16-4/h7-8H,5-6H2,1-4H3,(H,13,17). The molecule has 5 nitrogen and oxygen atoms in total. The largest absolute Gasteiger partial charge is 0.467 e. The molecule has 1 unspecified atom stereocenters. The topological polar surface area (TPSA) is 59.9 Å². The zero-order valence-electron chi connectivity index (χ0n) is 10.7. The fraction of sp³-hybridized carbons (Fsp3) is 0.727. The van der Waals surface area contributed by atoms with Crippen LogP contribution in [0.2, 0.25) is 0 Å². The fourth-order valence-corrected chi connectivity index (χ4v) is 2.08. The van der Waals surface area contributed by atoms with Crippen molar-refractivity contribution in [3.8, 4) is 0 Å². The third-order valence-electron chi connectivity index (χ3n) is 2.57. The van der Waals surface area contributed by atoms with Crippen molar-refractivity contribution < 1.29 is 9.53 Å². The number of hydrogen-bond donors (Lipinski definition) is 1. The van der Waals surface area contributed by atoms with Crippen molar-refractivity contribution in [2.75, 3.05) is 7.11 Å². The van der Waals surface area contributed by atoms with Crippen LogP contribution in [0.4, 0.5) is 0 Å². The van der Waals surface area contributed by atoms with Crippen LogP contribution >= 0.6 is 12.2 Å². The average Bonchev–Trinajstić information content (AvgIpc) is 2.66. The van der Waals surface area contributed by atoms with Gasteiger partial charge in [-0.1, -0.05) is 20.8 Å². The molecule has 96 valence electrons. The summed E-state index contributed by atoms with van der Waals surface area (Å²) in [5, 5.41) is 6.85. The fourth-order valence-electron chi connectivity index (χ4n) is 1.80. The highest BCUT2D eigenvalue weighted by atomic mass is 32.1. The zero-order chi connectivity index (χ0) is 13.0. The molecule has 1 aromatic heterocycles. The van der Waals surface area contributed by atoms with Crippen molar-refractivity contribution in [3.63, 3.8) is 0 Å². The van der Waals surface area contributed by atoms with E-state index in [0.717, 1.165) is 12.2 Å². The molecule has 1 heterocycles. The van der Waals surface area contributed by atoms with E-state index >= 15 is 0 Å². The van der Waals surface area contributed by atoms with Crippen LogP contribution in [0.1, 0.15) is 39.1 Å². The summed E-state index contributed by atoms with van der Waals surface area (Å²) < 4.78 is 7.08. The Balaban J connectivity index is 3.16. The molecule has 0 amide bonds. The van der Waals surface area contributed by atoms with Crippen LogP contribution in [0.25, 0.3) is 0 Å². The number of hydrogen-bond acceptors (Lipinski definition) is 4. The van der Waals surface area contributed by atoms with E-state index < -0.39 is 0 Å². The Bertz CT molecular complexity index is 436. The van der Waals surface area contributed by atoms with Gasteiger partial charge in [0.05, 0.1) is 7.11 Å². The monoisotopic (exact) mass is 257 g/mol. The molecular weight excluding hydrogens is 238 g/mol. The summed E-state index contributed by atoms with van der Waals surface area (Å²) in [6.07, 6.45) is 1.41. The van der Waals surface area contributed by atoms with Gasteiger partial charge in [0.15, 0.2) is 4.77 Å². The van der Waals surface area contributed by atoms with Gasteiger partial charge in [-0.15, -0.1) is 0 Å². The number of nitrogens with zero attached hydrogens (tertiary/aromatic N) is 2. The van der Waals surface area contributed by atoms with Gasteiger partial charge in [0.25, 0.3) is 0 Å². The van der Waals surface area contributed by atoms with Gasteiger partial charge in [-0.25, -0.2) is 4.79 Å². The second-order valence-electron chi connectivity index (χ2n) is 4.34. The van der Waals surface area contributed by atoms with Crippen molar-refractivity contribution in [2.24, 2.45) is 5.92 Å². The van der Waals surface area contributed by atoms with Crippen LogP contribution in [-0.4, -0.2) is 27.8 Å². The number of carbonyl (C=O) groups excluding carboxylic acids is 1. The average molecular weight is 257 g/mol. The predicted octanol–water partition coefficient (Wildman–Crippen LogP) is 2.26. The molecule has 0 fully saturated rings. The van der Waals surface area contributed by atoms with Gasteiger partial charge >= 0.3 is 5.97 Å². The van der Waals surface area contributed by atoms with E-state index in [2.05, 4.69) is 24.0 Å². The first kappa shape index (κ1) is 13.9. The van der Waals surface area contributed by atoms with Crippen molar-refractivity contribution in [1.29, 1.82) is 0 Å². The molecule has 1 N–H and O–H groups in total. The predicted molar refractivity (Wildman–Crippen MR) is 67.3 cm³/mol. The van der Waals surface area contributed by atoms with Crippen LogP contribution in [0.3, 0.4) is 0 Å². The Morgan fingerprint density at radius 3 is 2.71 bits per heavy atom. The Hall–Kier alpha value is -1.17. The summed E-state index contributed by atoms with van der Waals surface area (Å²) in [5.74, 6) is 0.887. The Morgan fingerprint density at radius 1 is 1.59 bits per heavy atom. The van der Waals surface area contributed by atoms with E-state index in [1.165, 1.54) is 7.11 Å². The maximum absolute atomic E-state index is 11.8. The number of rotatable bonds is 5. The number of aryl methyl sites for hydroxylation is 1. The van der Waals surface area contributed by atoms with E-state index in [1.807, 2.05) is 6.92 Å². The number of aromatic amines is 1. The molecule has 0 saturated carbocycles. The molecule has 0 aromatic carbocycles. The smallest absolute Gasteiger partial charge is 0.329 e. The maximum Gasteiger partial charge on any atom is 0.329 e. The third-order valence-corrected chi connectivity index (χ3v) is 2.86. The minimum Gasteiger partial charge on any atom is -0.467 e. The van der Waals surface area contributed by atoms with Crippen molar-refractivity contribution in [3.05, 3.63) is 10.6 Å². The second kappa shape index (κ2) is 5.95. The highest BCUT2D eigenvalue weighted by Crippen LogP contribution is 2.21. The quantitative estimate of drug-likeness (QED) is 0.649. The maximum atomic E-state index is 11.8. The highest BCUT2D eigenvalue weighted by molar-refractivity contribution is 7.71. The van der Waals surface area contributed by atoms with Crippen molar-refractivity contribution in [1.82, 2.24) is 14.8 Å². The number of esters is 1. The summed E-state index contributed by atoms with van der Waals surface area (Å²) in [5.41, 5.74) is 0. The molecule has 1 atom stereocenters. The molecule has 0 radical (unpaired) electrons. The molecule has 0 spiro atoms. The van der Waals surface area contributed by atoms with Gasteiger partial charge in [-0.2, -0.15) is 5.10 Å². The van der Waals surface area contributed by atoms with E-state index in [9.17, 15) is 4.79 Å². The first-order valence-corrected chi connectivity index (χ1v) is 6.15. The SMILES string of the molecule is CCc1n[nH]c(=S)n1C(CC(C)C)C(=O)OC. The van der Waals surface area contributed by atoms with E-state index in [0.29, 0.717) is 17.1 Å². The van der Waals surface area contributed by atoms with Gasteiger partial charge < -0.3 is 4.74 Å². The first-order chi connectivity index (χ1) is 8.01. The summed E-state index contributed by atoms with van der Waals surface area (Å²) in [7, 11) is 1.39. The van der Waals surface area contributed by atoms with Crippen LogP contribution in [-0.2, 0) is 16.0 Å². The minimum absolute atomic E-state index is 0.272. The molecular formula is C11H19N3O2S. The lowest BCUT2D eigenvalue weighted by molar-refractivity contribution is -0.145. The second-order valence-corrected chi connectivity index (χ2v) is 4.72. The number of H-pyrrole nitrogens is 1. The number of carbonyl (C=O) groups is 1. The van der Waals surface area contributed by atoms with Crippen molar-refractivity contribution in [2.45, 2.75) is 39.7 Å². The Labute approximate surface area is 106 Å². The van der Waals surface area contributed by atoms with Gasteiger partial charge in [0, 0.05) is 6.42 Å². The molecule has 0 saturated heterocycles. The summed E-state index contributed by atoms with van der Waals surface area (Å²) in [4.78, 5) is 11.8. The van der Waals surface area contributed by atoms with Crippen LogP contribution in [0.5, 0.6) is 0 Å². The van der Waals surface area contributed by atoms with E-state index in [-0.39, 0.29) is 12.0 Å². The van der Waals surface area contributed by atoms with Gasteiger partial charge in [0.2, 0.25) is 0 Å². The minimum atomic E-state index is -0.388. The number of aromatic nitrogens is 3. The van der Waals surface area contributed by atoms with Crippen LogP contribution in [0.15, 0.2) is 0 Å². The zero-order valence-corrected chi connectivity index (χ0v) is 11.5. The summed E-state index contributed by atoms with van der Waals surface area (Å²) in [6.45, 7) is 6.10. The number of methoxy groups -OCH3 is 1. The molecule has 6 heteroatoms. The summed E-state index contributed by atoms with van der Waals surface area (Å²) >= 11 is 5.17. The molecule has 0 aliphatic heterocycles. The van der Waals surface area contributed by atoms with Crippen LogP contribution in [0, 0.1) is 10.7 Å². The third kappa shape index (κ3) is 3.15. The summed E-state index contributed by atoms with van der Waals surface area (Å²) in [6, 6.07) is -0.388. The highest BCUT2D eigenvalue weighted by Gasteiger charge is 2.25. The lowest BCUT2D eigenvalue weighted by Gasteiger charge is -2.19. The van der Waals surface area contributed by atoms with E-state index in [4.69, 9.17) is 17.0 Å². The van der Waals surface area contributed by atoms with Crippen LogP contribution < -0.4 is 0 Å². The van der Waals surface area contributed by atoms with Gasteiger partial charge in [0.1, 0.15) is 11.9 Å². The lowest BCUT2D eigenvalue weighted by Crippen LogP contribution is -2.24. The number of ether oxygens (including phenoxy) is 1. The molecule has 1 rings (SSSR count). The molecule has 0 aliphatic carbocycles. The van der Waals surface area contributed by atoms with Gasteiger partial charge in [-0.05, 0) is 24.6 Å². The normalized spacial score (nSPS) is 12.8. The molecule has 17 heavy (non-hydrogen) atoms. The van der Waals surface area contributed by atoms with Gasteiger partial charge in [-0.3, -0.25) is 9.67 Å². The first-order valence-electron chi connectivity index (χ1n) is 5.74. The lowest BCUT2D eigenvalue weighted by atomic mass is 10.0. The van der Waals surface area contributed by atoms with E-state index in [1.54, 1.807) is 4.57 Å². The molecule has 0 aliphatic rings. The molecule has 0 bridgehead atoms. The van der Waals surface area contributed by atoms with Crippen molar-refractivity contribution >= 4 is 18.2 Å². The Morgan fingerprint density at radius 2 is 2.24 bits per heavy atom. The molecule has 1 aromatic rings.